The van der Waals surface area contributed by atoms with Gasteiger partial charge in [0.15, 0.2) is 0 Å². The summed E-state index contributed by atoms with van der Waals surface area (Å²) in [5.74, 6) is 0. The van der Waals surface area contributed by atoms with Crippen LogP contribution in [0.15, 0.2) is 30.3 Å². The highest BCUT2D eigenvalue weighted by molar-refractivity contribution is 5.22. The minimum Gasteiger partial charge on any atom is -0.377 e. The average Bonchev–Trinajstić information content (AvgIpc) is 2.88. The molecule has 1 N–H and O–H groups in total. The Hall–Kier alpha value is -0.900. The SMILES string of the molecule is CCC1CN(C2(C)CCOC2C)C(c2ccccc2)CN1. The molecule has 0 amide bonds. The van der Waals surface area contributed by atoms with Gasteiger partial charge in [0, 0.05) is 37.3 Å². The summed E-state index contributed by atoms with van der Waals surface area (Å²) in [6.07, 6.45) is 2.62. The van der Waals surface area contributed by atoms with Crippen molar-refractivity contribution in [2.75, 3.05) is 19.7 Å². The van der Waals surface area contributed by atoms with Crippen molar-refractivity contribution in [3.05, 3.63) is 35.9 Å². The second-order valence-corrected chi connectivity index (χ2v) is 6.71. The molecule has 2 heterocycles. The van der Waals surface area contributed by atoms with Gasteiger partial charge < -0.3 is 10.1 Å². The van der Waals surface area contributed by atoms with Crippen LogP contribution >= 0.6 is 0 Å². The Morgan fingerprint density at radius 1 is 1.33 bits per heavy atom. The number of hydrogen-bond donors (Lipinski definition) is 1. The van der Waals surface area contributed by atoms with Crippen LogP contribution in [0.4, 0.5) is 0 Å². The molecule has 0 spiro atoms. The summed E-state index contributed by atoms with van der Waals surface area (Å²) in [6, 6.07) is 12.0. The second-order valence-electron chi connectivity index (χ2n) is 6.71. The third-order valence-corrected chi connectivity index (χ3v) is 5.58. The van der Waals surface area contributed by atoms with Crippen LogP contribution in [0.5, 0.6) is 0 Å². The largest absolute Gasteiger partial charge is 0.377 e. The molecule has 3 nitrogen and oxygen atoms in total. The van der Waals surface area contributed by atoms with E-state index in [2.05, 4.69) is 61.3 Å². The van der Waals surface area contributed by atoms with Gasteiger partial charge in [0.1, 0.15) is 0 Å². The third kappa shape index (κ3) is 2.75. The van der Waals surface area contributed by atoms with Gasteiger partial charge in [-0.05, 0) is 32.3 Å². The van der Waals surface area contributed by atoms with Crippen molar-refractivity contribution in [1.82, 2.24) is 10.2 Å². The van der Waals surface area contributed by atoms with E-state index in [1.807, 2.05) is 0 Å². The summed E-state index contributed by atoms with van der Waals surface area (Å²) in [5, 5.41) is 3.72. The van der Waals surface area contributed by atoms with Crippen molar-refractivity contribution < 1.29 is 4.74 Å². The standard InChI is InChI=1S/C18H28N2O/c1-4-16-13-20(18(3)10-11-21-14(18)2)17(12-19-16)15-8-6-5-7-9-15/h5-9,14,16-17,19H,4,10-13H2,1-3H3. The predicted octanol–water partition coefficient (Wildman–Crippen LogP) is 2.98. The Bertz CT molecular complexity index is 464. The summed E-state index contributed by atoms with van der Waals surface area (Å²) in [6.45, 7) is 9.93. The van der Waals surface area contributed by atoms with Crippen LogP contribution in [0.25, 0.3) is 0 Å². The first-order chi connectivity index (χ1) is 10.1. The number of benzene rings is 1. The second kappa shape index (κ2) is 6.07. The Balaban J connectivity index is 1.90. The van der Waals surface area contributed by atoms with E-state index in [1.165, 1.54) is 12.0 Å². The lowest BCUT2D eigenvalue weighted by Crippen LogP contribution is -2.61. The fourth-order valence-corrected chi connectivity index (χ4v) is 3.83. The highest BCUT2D eigenvalue weighted by atomic mass is 16.5. The molecular formula is C18H28N2O. The summed E-state index contributed by atoms with van der Waals surface area (Å²) in [5.41, 5.74) is 1.57. The maximum atomic E-state index is 5.91. The van der Waals surface area contributed by atoms with Gasteiger partial charge in [0.05, 0.1) is 6.10 Å². The van der Waals surface area contributed by atoms with Gasteiger partial charge in [-0.1, -0.05) is 37.3 Å². The number of piperazine rings is 1. The van der Waals surface area contributed by atoms with Crippen molar-refractivity contribution in [1.29, 1.82) is 0 Å². The quantitative estimate of drug-likeness (QED) is 0.925. The van der Waals surface area contributed by atoms with Crippen LogP contribution < -0.4 is 5.32 Å². The van der Waals surface area contributed by atoms with Crippen molar-refractivity contribution >= 4 is 0 Å². The molecule has 1 aromatic carbocycles. The Labute approximate surface area is 128 Å². The fourth-order valence-electron chi connectivity index (χ4n) is 3.83. The molecule has 0 radical (unpaired) electrons. The highest BCUT2D eigenvalue weighted by Crippen LogP contribution is 2.39. The Morgan fingerprint density at radius 3 is 2.71 bits per heavy atom. The van der Waals surface area contributed by atoms with Gasteiger partial charge >= 0.3 is 0 Å². The van der Waals surface area contributed by atoms with Gasteiger partial charge in [-0.3, -0.25) is 4.90 Å². The molecule has 21 heavy (non-hydrogen) atoms. The third-order valence-electron chi connectivity index (χ3n) is 5.58. The first-order valence-corrected chi connectivity index (χ1v) is 8.32. The van der Waals surface area contributed by atoms with E-state index >= 15 is 0 Å². The molecule has 3 heteroatoms. The molecule has 2 saturated heterocycles. The zero-order valence-corrected chi connectivity index (χ0v) is 13.5. The van der Waals surface area contributed by atoms with E-state index < -0.39 is 0 Å². The van der Waals surface area contributed by atoms with Crippen molar-refractivity contribution in [2.24, 2.45) is 0 Å². The summed E-state index contributed by atoms with van der Waals surface area (Å²) < 4.78 is 5.91. The van der Waals surface area contributed by atoms with Gasteiger partial charge in [-0.2, -0.15) is 0 Å². The minimum atomic E-state index is 0.149. The molecule has 2 aliphatic rings. The molecule has 2 aliphatic heterocycles. The lowest BCUT2D eigenvalue weighted by molar-refractivity contribution is -0.0261. The number of ether oxygens (including phenoxy) is 1. The van der Waals surface area contributed by atoms with Crippen LogP contribution in [0.1, 0.15) is 45.2 Å². The number of hydrogen-bond acceptors (Lipinski definition) is 3. The Morgan fingerprint density at radius 2 is 2.10 bits per heavy atom. The minimum absolute atomic E-state index is 0.149. The normalized spacial score (nSPS) is 37.8. The monoisotopic (exact) mass is 288 g/mol. The van der Waals surface area contributed by atoms with E-state index in [-0.39, 0.29) is 5.54 Å². The smallest absolute Gasteiger partial charge is 0.0729 e. The average molecular weight is 288 g/mol. The molecule has 4 unspecified atom stereocenters. The van der Waals surface area contributed by atoms with Crippen molar-refractivity contribution in [2.45, 2.75) is 57.3 Å². The highest BCUT2D eigenvalue weighted by Gasteiger charge is 2.47. The zero-order valence-electron chi connectivity index (χ0n) is 13.5. The van der Waals surface area contributed by atoms with Crippen LogP contribution in [0, 0.1) is 0 Å². The van der Waals surface area contributed by atoms with Crippen LogP contribution in [0.3, 0.4) is 0 Å². The molecule has 1 aromatic rings. The maximum absolute atomic E-state index is 5.91. The van der Waals surface area contributed by atoms with E-state index in [0.717, 1.165) is 26.1 Å². The van der Waals surface area contributed by atoms with Gasteiger partial charge in [-0.25, -0.2) is 0 Å². The summed E-state index contributed by atoms with van der Waals surface area (Å²) >= 11 is 0. The lowest BCUT2D eigenvalue weighted by Gasteiger charge is -2.50. The van der Waals surface area contributed by atoms with Crippen LogP contribution in [-0.2, 0) is 4.74 Å². The lowest BCUT2D eigenvalue weighted by atomic mass is 9.86. The number of nitrogens with zero attached hydrogens (tertiary/aromatic N) is 1. The van der Waals surface area contributed by atoms with Crippen LogP contribution in [-0.4, -0.2) is 42.3 Å². The fraction of sp³-hybridized carbons (Fsp3) is 0.667. The maximum Gasteiger partial charge on any atom is 0.0729 e. The van der Waals surface area contributed by atoms with E-state index in [0.29, 0.717) is 18.2 Å². The number of nitrogens with one attached hydrogen (secondary N) is 1. The zero-order chi connectivity index (χ0) is 14.9. The molecule has 0 bridgehead atoms. The van der Waals surface area contributed by atoms with Gasteiger partial charge in [0.2, 0.25) is 0 Å². The first-order valence-electron chi connectivity index (χ1n) is 8.32. The first kappa shape index (κ1) is 15.0. The van der Waals surface area contributed by atoms with Gasteiger partial charge in [-0.15, -0.1) is 0 Å². The summed E-state index contributed by atoms with van der Waals surface area (Å²) in [4.78, 5) is 2.71. The molecule has 0 aliphatic carbocycles. The molecule has 0 aromatic heterocycles. The molecule has 116 valence electrons. The molecule has 2 fully saturated rings. The Kier molecular flexibility index (Phi) is 4.34. The van der Waals surface area contributed by atoms with Crippen LogP contribution in [0.2, 0.25) is 0 Å². The van der Waals surface area contributed by atoms with Crippen molar-refractivity contribution in [3.63, 3.8) is 0 Å². The van der Waals surface area contributed by atoms with E-state index in [1.54, 1.807) is 0 Å². The molecular weight excluding hydrogens is 260 g/mol. The number of rotatable bonds is 3. The molecule has 4 atom stereocenters. The van der Waals surface area contributed by atoms with E-state index in [4.69, 9.17) is 4.74 Å². The van der Waals surface area contributed by atoms with E-state index in [9.17, 15) is 0 Å². The van der Waals surface area contributed by atoms with Gasteiger partial charge in [0.25, 0.3) is 0 Å². The summed E-state index contributed by atoms with van der Waals surface area (Å²) in [7, 11) is 0. The molecule has 3 rings (SSSR count). The predicted molar refractivity (Wildman–Crippen MR) is 86.4 cm³/mol. The van der Waals surface area contributed by atoms with Crippen molar-refractivity contribution in [3.8, 4) is 0 Å². The molecule has 0 saturated carbocycles. The topological polar surface area (TPSA) is 24.5 Å².